The number of amides is 3. The molecule has 0 radical (unpaired) electrons. The lowest BCUT2D eigenvalue weighted by Gasteiger charge is -2.14. The first-order valence-corrected chi connectivity index (χ1v) is 16.7. The summed E-state index contributed by atoms with van der Waals surface area (Å²) in [4.78, 5) is 51.5. The van der Waals surface area contributed by atoms with Gasteiger partial charge < -0.3 is 25.8 Å². The van der Waals surface area contributed by atoms with Crippen LogP contribution < -0.4 is 20.7 Å². The quantitative estimate of drug-likeness (QED) is 0.0718. The Labute approximate surface area is 298 Å². The zero-order valence-corrected chi connectivity index (χ0v) is 28.3. The van der Waals surface area contributed by atoms with E-state index in [-0.39, 0.29) is 22.2 Å². The third-order valence-corrected chi connectivity index (χ3v) is 8.67. The zero-order valence-electron chi connectivity index (χ0n) is 26.8. The van der Waals surface area contributed by atoms with Gasteiger partial charge in [0.15, 0.2) is 0 Å². The molecule has 3 amide bonds. The smallest absolute Gasteiger partial charge is 0.337 e. The normalized spacial score (nSPS) is 11.6. The number of benzene rings is 5. The number of nitrogens with one attached hydrogen (secondary N) is 3. The Morgan fingerprint density at radius 1 is 0.800 bits per heavy atom. The summed E-state index contributed by atoms with van der Waals surface area (Å²) in [5.41, 5.74) is 2.83. The van der Waals surface area contributed by atoms with E-state index in [0.717, 1.165) is 10.5 Å². The highest BCUT2D eigenvalue weighted by Crippen LogP contribution is 2.27. The van der Waals surface area contributed by atoms with Gasteiger partial charge in [-0.05, 0) is 90.9 Å². The van der Waals surface area contributed by atoms with E-state index in [1.54, 1.807) is 91.9 Å². The molecule has 0 spiro atoms. The zero-order chi connectivity index (χ0) is 35.5. The van der Waals surface area contributed by atoms with Gasteiger partial charge in [-0.1, -0.05) is 72.3 Å². The third-order valence-electron chi connectivity index (χ3n) is 7.23. The number of carboxylic acids is 1. The van der Waals surface area contributed by atoms with Crippen LogP contribution in [0.2, 0.25) is 5.02 Å². The summed E-state index contributed by atoms with van der Waals surface area (Å²) in [7, 11) is 0. The Morgan fingerprint density at radius 2 is 1.44 bits per heavy atom. The van der Waals surface area contributed by atoms with Gasteiger partial charge in [-0.25, -0.2) is 4.79 Å². The molecule has 0 aliphatic carbocycles. The molecule has 0 aliphatic rings. The largest absolute Gasteiger partial charge is 0.489 e. The third kappa shape index (κ3) is 10.1. The minimum absolute atomic E-state index is 0.0359. The van der Waals surface area contributed by atoms with Crippen LogP contribution in [0.4, 0.5) is 11.4 Å². The van der Waals surface area contributed by atoms with Crippen molar-refractivity contribution in [3.63, 3.8) is 0 Å². The molecule has 0 aromatic heterocycles. The summed E-state index contributed by atoms with van der Waals surface area (Å²) in [6, 6.07) is 36.7. The van der Waals surface area contributed by atoms with Crippen molar-refractivity contribution in [2.24, 2.45) is 0 Å². The number of ether oxygens (including phenoxy) is 1. The van der Waals surface area contributed by atoms with E-state index < -0.39 is 23.0 Å². The van der Waals surface area contributed by atoms with Gasteiger partial charge in [-0.15, -0.1) is 11.8 Å². The van der Waals surface area contributed by atoms with Crippen molar-refractivity contribution < 1.29 is 29.0 Å². The van der Waals surface area contributed by atoms with Crippen molar-refractivity contribution in [3.05, 3.63) is 160 Å². The summed E-state index contributed by atoms with van der Waals surface area (Å²) < 4.78 is 5.87. The first-order valence-electron chi connectivity index (χ1n) is 15.4. The Bertz CT molecular complexity index is 2000. The van der Waals surface area contributed by atoms with Crippen LogP contribution >= 0.6 is 23.4 Å². The molecule has 0 saturated carbocycles. The monoisotopic (exact) mass is 705 g/mol. The fraction of sp³-hybridized carbons (Fsp3) is 0.0769. The maximum Gasteiger partial charge on any atom is 0.337 e. The fourth-order valence-electron chi connectivity index (χ4n) is 4.59. The van der Waals surface area contributed by atoms with Gasteiger partial charge in [0, 0.05) is 21.8 Å². The van der Waals surface area contributed by atoms with Crippen LogP contribution in [0.3, 0.4) is 0 Å². The van der Waals surface area contributed by atoms with Gasteiger partial charge in [0.25, 0.3) is 11.8 Å². The molecule has 11 heteroatoms. The van der Waals surface area contributed by atoms with Gasteiger partial charge >= 0.3 is 5.97 Å². The second kappa shape index (κ2) is 17.0. The van der Waals surface area contributed by atoms with Crippen LogP contribution in [0.1, 0.15) is 38.8 Å². The van der Waals surface area contributed by atoms with E-state index in [2.05, 4.69) is 16.0 Å². The van der Waals surface area contributed by atoms with E-state index >= 15 is 0 Å². The molecule has 5 rings (SSSR count). The van der Waals surface area contributed by atoms with Crippen molar-refractivity contribution in [1.82, 2.24) is 5.32 Å². The summed E-state index contributed by atoms with van der Waals surface area (Å²) in [5, 5.41) is 17.1. The minimum atomic E-state index is -1.19. The lowest BCUT2D eigenvalue weighted by atomic mass is 10.1. The molecule has 50 heavy (non-hydrogen) atoms. The van der Waals surface area contributed by atoms with Crippen molar-refractivity contribution in [3.8, 4) is 5.75 Å². The predicted molar refractivity (Wildman–Crippen MR) is 197 cm³/mol. The summed E-state index contributed by atoms with van der Waals surface area (Å²) >= 11 is 7.21. The molecular weight excluding hydrogens is 674 g/mol. The summed E-state index contributed by atoms with van der Waals surface area (Å²) in [6.45, 7) is 2.14. The summed E-state index contributed by atoms with van der Waals surface area (Å²) in [6.07, 6.45) is 1.59. The van der Waals surface area contributed by atoms with Gasteiger partial charge in [-0.2, -0.15) is 0 Å². The van der Waals surface area contributed by atoms with Crippen molar-refractivity contribution in [1.29, 1.82) is 0 Å². The number of hydrogen-bond donors (Lipinski definition) is 4. The fourth-order valence-corrected chi connectivity index (χ4v) is 5.66. The number of anilines is 2. The highest BCUT2D eigenvalue weighted by molar-refractivity contribution is 8.00. The number of carbonyl (C=O) groups excluding carboxylic acids is 3. The number of thioether (sulfide) groups is 1. The second-order valence-electron chi connectivity index (χ2n) is 10.9. The number of aromatic carboxylic acids is 1. The van der Waals surface area contributed by atoms with E-state index in [9.17, 15) is 24.3 Å². The highest BCUT2D eigenvalue weighted by Gasteiger charge is 2.18. The molecule has 0 heterocycles. The molecule has 9 nitrogen and oxygen atoms in total. The molecule has 252 valence electrons. The number of carboxylic acid groups (broad SMARTS) is 1. The van der Waals surface area contributed by atoms with Crippen molar-refractivity contribution in [2.45, 2.75) is 23.7 Å². The number of halogens is 1. The van der Waals surface area contributed by atoms with Crippen LogP contribution in [0, 0.1) is 0 Å². The Hall–Kier alpha value is -5.84. The lowest BCUT2D eigenvalue weighted by molar-refractivity contribution is -0.115. The number of rotatable bonds is 13. The second-order valence-corrected chi connectivity index (χ2v) is 12.8. The average Bonchev–Trinajstić information content (AvgIpc) is 3.13. The predicted octanol–water partition coefficient (Wildman–Crippen LogP) is 8.15. The minimum Gasteiger partial charge on any atom is -0.489 e. The molecule has 0 aliphatic heterocycles. The van der Waals surface area contributed by atoms with Gasteiger partial charge in [0.05, 0.1) is 15.8 Å². The number of carbonyl (C=O) groups is 4. The molecule has 5 aromatic rings. The van der Waals surface area contributed by atoms with Crippen LogP contribution in [0.25, 0.3) is 6.08 Å². The SMILES string of the molecule is CC(Sc1ccc(NC(=O)/C(=C/c2ccc(OCc3ccccc3)cc2)NC(=O)c2ccccc2)cc1)C(=O)Nc1ccc(Cl)c(C(=O)O)c1. The first kappa shape index (κ1) is 35.5. The Balaban J connectivity index is 1.24. The standard InChI is InChI=1S/C39H32ClN3O6S/c1-25(36(44)42-30-16-21-34(40)33(23-30)39(47)48)50-32-19-14-29(15-20-32)41-38(46)35(43-37(45)28-10-6-3-7-11-28)22-26-12-17-31(18-13-26)49-24-27-8-4-2-5-9-27/h2-23,25H,24H2,1H3,(H,41,46)(H,42,44)(H,43,45)(H,47,48)/b35-22-. The van der Waals surface area contributed by atoms with E-state index in [0.29, 0.717) is 34.9 Å². The van der Waals surface area contributed by atoms with Crippen LogP contribution in [-0.2, 0) is 16.2 Å². The number of hydrogen-bond acceptors (Lipinski definition) is 6. The van der Waals surface area contributed by atoms with Crippen molar-refractivity contribution >= 4 is 64.5 Å². The highest BCUT2D eigenvalue weighted by atomic mass is 35.5. The van der Waals surface area contributed by atoms with Gasteiger partial charge in [0.1, 0.15) is 18.1 Å². The lowest BCUT2D eigenvalue weighted by Crippen LogP contribution is -2.30. The molecule has 0 saturated heterocycles. The van der Waals surface area contributed by atoms with Crippen LogP contribution in [0.15, 0.2) is 138 Å². The van der Waals surface area contributed by atoms with Crippen LogP contribution in [0.5, 0.6) is 5.75 Å². The van der Waals surface area contributed by atoms with E-state index in [1.807, 2.05) is 30.3 Å². The van der Waals surface area contributed by atoms with Gasteiger partial charge in [-0.3, -0.25) is 14.4 Å². The molecular formula is C39H32ClN3O6S. The average molecular weight is 706 g/mol. The molecule has 1 atom stereocenters. The Morgan fingerprint density at radius 3 is 2.10 bits per heavy atom. The van der Waals surface area contributed by atoms with E-state index in [4.69, 9.17) is 16.3 Å². The summed E-state index contributed by atoms with van der Waals surface area (Å²) in [5.74, 6) is -1.83. The molecule has 4 N–H and O–H groups in total. The van der Waals surface area contributed by atoms with E-state index in [1.165, 1.54) is 30.0 Å². The maximum absolute atomic E-state index is 13.5. The van der Waals surface area contributed by atoms with Gasteiger partial charge in [0.2, 0.25) is 5.91 Å². The first-order chi connectivity index (χ1) is 24.1. The Kier molecular flexibility index (Phi) is 12.1. The molecule has 0 fully saturated rings. The molecule has 0 bridgehead atoms. The topological polar surface area (TPSA) is 134 Å². The maximum atomic E-state index is 13.5. The molecule has 5 aromatic carbocycles. The van der Waals surface area contributed by atoms with Crippen LogP contribution in [-0.4, -0.2) is 34.0 Å². The van der Waals surface area contributed by atoms with Crippen molar-refractivity contribution in [2.75, 3.05) is 10.6 Å². The molecule has 1 unspecified atom stereocenters.